The van der Waals surface area contributed by atoms with Crippen molar-refractivity contribution in [2.24, 2.45) is 11.7 Å². The fourth-order valence-electron chi connectivity index (χ4n) is 2.48. The van der Waals surface area contributed by atoms with E-state index in [0.717, 1.165) is 25.9 Å². The summed E-state index contributed by atoms with van der Waals surface area (Å²) in [6, 6.07) is 9.11. The second-order valence-electron chi connectivity index (χ2n) is 5.37. The Balaban J connectivity index is 2.17. The Bertz CT molecular complexity index is 483. The number of piperidine rings is 1. The molecule has 5 nitrogen and oxygen atoms in total. The van der Waals surface area contributed by atoms with E-state index in [9.17, 15) is 9.59 Å². The number of nitrogens with two attached hydrogens (primary N) is 1. The molecule has 1 fully saturated rings. The van der Waals surface area contributed by atoms with Crippen LogP contribution in [0.3, 0.4) is 0 Å². The van der Waals surface area contributed by atoms with Gasteiger partial charge in [0.1, 0.15) is 5.54 Å². The fraction of sp³-hybridized carbons (Fsp3) is 0.467. The number of carbonyl (C=O) groups is 2. The molecule has 1 unspecified atom stereocenters. The third-order valence-corrected chi connectivity index (χ3v) is 3.93. The lowest BCUT2D eigenvalue weighted by Crippen LogP contribution is -2.55. The molecule has 0 radical (unpaired) electrons. The molecule has 1 aromatic rings. The summed E-state index contributed by atoms with van der Waals surface area (Å²) in [5.74, 6) is -0.707. The van der Waals surface area contributed by atoms with E-state index in [2.05, 4.69) is 10.6 Å². The second-order valence-corrected chi connectivity index (χ2v) is 5.37. The monoisotopic (exact) mass is 275 g/mol. The lowest BCUT2D eigenvalue weighted by molar-refractivity contribution is -0.134. The maximum absolute atomic E-state index is 12.3. The van der Waals surface area contributed by atoms with Crippen LogP contribution < -0.4 is 16.4 Å². The Hall–Kier alpha value is -1.88. The highest BCUT2D eigenvalue weighted by molar-refractivity contribution is 5.91. The van der Waals surface area contributed by atoms with Crippen molar-refractivity contribution in [2.45, 2.75) is 25.3 Å². The van der Waals surface area contributed by atoms with Crippen molar-refractivity contribution >= 4 is 11.8 Å². The van der Waals surface area contributed by atoms with E-state index in [1.165, 1.54) is 0 Å². The van der Waals surface area contributed by atoms with Crippen molar-refractivity contribution < 1.29 is 9.59 Å². The van der Waals surface area contributed by atoms with Crippen LogP contribution in [-0.4, -0.2) is 24.9 Å². The smallest absolute Gasteiger partial charge is 0.247 e. The molecule has 1 heterocycles. The van der Waals surface area contributed by atoms with E-state index in [0.29, 0.717) is 5.56 Å². The topological polar surface area (TPSA) is 84.2 Å². The molecule has 0 spiro atoms. The Labute approximate surface area is 118 Å². The van der Waals surface area contributed by atoms with Crippen molar-refractivity contribution in [3.8, 4) is 0 Å². The lowest BCUT2D eigenvalue weighted by Gasteiger charge is -2.31. The lowest BCUT2D eigenvalue weighted by atomic mass is 9.89. The van der Waals surface area contributed by atoms with E-state index in [1.807, 2.05) is 18.2 Å². The number of carbonyl (C=O) groups excluding carboxylic acids is 2. The van der Waals surface area contributed by atoms with Crippen LogP contribution in [0.1, 0.15) is 25.3 Å². The fourth-order valence-corrected chi connectivity index (χ4v) is 2.48. The molecule has 0 bridgehead atoms. The zero-order valence-electron chi connectivity index (χ0n) is 11.7. The maximum atomic E-state index is 12.3. The highest BCUT2D eigenvalue weighted by atomic mass is 16.2. The highest BCUT2D eigenvalue weighted by Crippen LogP contribution is 2.22. The first-order valence-corrected chi connectivity index (χ1v) is 6.92. The molecule has 1 saturated heterocycles. The van der Waals surface area contributed by atoms with Gasteiger partial charge in [-0.1, -0.05) is 30.3 Å². The summed E-state index contributed by atoms with van der Waals surface area (Å²) in [5.41, 5.74) is 5.05. The zero-order chi connectivity index (χ0) is 14.6. The first-order valence-electron chi connectivity index (χ1n) is 6.92. The van der Waals surface area contributed by atoms with Gasteiger partial charge in [0, 0.05) is 5.92 Å². The van der Waals surface area contributed by atoms with Gasteiger partial charge < -0.3 is 16.4 Å². The number of benzene rings is 1. The van der Waals surface area contributed by atoms with Crippen molar-refractivity contribution in [2.75, 3.05) is 13.1 Å². The predicted octanol–water partition coefficient (Wildman–Crippen LogP) is 0.503. The average Bonchev–Trinajstić information content (AvgIpc) is 2.48. The van der Waals surface area contributed by atoms with Gasteiger partial charge in [0.05, 0.1) is 0 Å². The van der Waals surface area contributed by atoms with Gasteiger partial charge in [0.25, 0.3) is 0 Å². The number of rotatable bonds is 4. The maximum Gasteiger partial charge on any atom is 0.247 e. The first-order chi connectivity index (χ1) is 9.54. The molecule has 108 valence electrons. The number of amides is 2. The predicted molar refractivity (Wildman–Crippen MR) is 76.7 cm³/mol. The number of nitrogens with one attached hydrogen (secondary N) is 2. The van der Waals surface area contributed by atoms with Gasteiger partial charge in [-0.25, -0.2) is 0 Å². The quantitative estimate of drug-likeness (QED) is 0.748. The Morgan fingerprint density at radius 2 is 1.85 bits per heavy atom. The Kier molecular flexibility index (Phi) is 4.39. The van der Waals surface area contributed by atoms with E-state index in [4.69, 9.17) is 5.73 Å². The summed E-state index contributed by atoms with van der Waals surface area (Å²) >= 11 is 0. The number of hydrogen-bond donors (Lipinski definition) is 3. The van der Waals surface area contributed by atoms with Crippen molar-refractivity contribution in [1.29, 1.82) is 0 Å². The zero-order valence-corrected chi connectivity index (χ0v) is 11.7. The number of primary amides is 1. The molecule has 1 aromatic carbocycles. The van der Waals surface area contributed by atoms with Crippen LogP contribution in [0.15, 0.2) is 30.3 Å². The summed E-state index contributed by atoms with van der Waals surface area (Å²) in [6.07, 6.45) is 1.57. The van der Waals surface area contributed by atoms with Crippen LogP contribution in [0, 0.1) is 5.92 Å². The van der Waals surface area contributed by atoms with Crippen molar-refractivity contribution in [3.63, 3.8) is 0 Å². The van der Waals surface area contributed by atoms with Gasteiger partial charge in [-0.15, -0.1) is 0 Å². The molecule has 0 aromatic heterocycles. The molecular formula is C15H21N3O2. The minimum absolute atomic E-state index is 0.0568. The summed E-state index contributed by atoms with van der Waals surface area (Å²) in [6.45, 7) is 3.32. The second kappa shape index (κ2) is 6.05. The van der Waals surface area contributed by atoms with Gasteiger partial charge >= 0.3 is 0 Å². The minimum Gasteiger partial charge on any atom is -0.367 e. The molecular weight excluding hydrogens is 254 g/mol. The molecule has 1 atom stereocenters. The third kappa shape index (κ3) is 2.99. The van der Waals surface area contributed by atoms with Gasteiger partial charge in [-0.2, -0.15) is 0 Å². The van der Waals surface area contributed by atoms with Crippen LogP contribution in [0.4, 0.5) is 0 Å². The molecule has 5 heteroatoms. The molecule has 2 amide bonds. The molecule has 0 aliphatic carbocycles. The van der Waals surface area contributed by atoms with Crippen LogP contribution in [-0.2, 0) is 15.1 Å². The summed E-state index contributed by atoms with van der Waals surface area (Å²) < 4.78 is 0. The van der Waals surface area contributed by atoms with E-state index >= 15 is 0 Å². The summed E-state index contributed by atoms with van der Waals surface area (Å²) in [4.78, 5) is 24.2. The largest absolute Gasteiger partial charge is 0.367 e. The average molecular weight is 275 g/mol. The Morgan fingerprint density at radius 3 is 2.40 bits per heavy atom. The van der Waals surface area contributed by atoms with Gasteiger partial charge in [-0.05, 0) is 38.4 Å². The first kappa shape index (κ1) is 14.5. The van der Waals surface area contributed by atoms with Crippen LogP contribution in [0.2, 0.25) is 0 Å². The van der Waals surface area contributed by atoms with E-state index in [-0.39, 0.29) is 11.8 Å². The van der Waals surface area contributed by atoms with E-state index < -0.39 is 11.4 Å². The molecule has 1 aliphatic rings. The van der Waals surface area contributed by atoms with Crippen molar-refractivity contribution in [1.82, 2.24) is 10.6 Å². The third-order valence-electron chi connectivity index (χ3n) is 3.93. The van der Waals surface area contributed by atoms with Gasteiger partial charge in [-0.3, -0.25) is 9.59 Å². The van der Waals surface area contributed by atoms with Crippen LogP contribution >= 0.6 is 0 Å². The standard InChI is InChI=1S/C15H21N3O2/c1-15(14(16)20,12-5-3-2-4-6-12)18-13(19)11-7-9-17-10-8-11/h2-6,11,17H,7-10H2,1H3,(H2,16,20)(H,18,19). The van der Waals surface area contributed by atoms with E-state index in [1.54, 1.807) is 19.1 Å². The minimum atomic E-state index is -1.16. The highest BCUT2D eigenvalue weighted by Gasteiger charge is 2.36. The number of hydrogen-bond acceptors (Lipinski definition) is 3. The van der Waals surface area contributed by atoms with Crippen LogP contribution in [0.5, 0.6) is 0 Å². The SMILES string of the molecule is CC(NC(=O)C1CCNCC1)(C(N)=O)c1ccccc1. The Morgan fingerprint density at radius 1 is 1.25 bits per heavy atom. The van der Waals surface area contributed by atoms with Gasteiger partial charge in [0.15, 0.2) is 0 Å². The van der Waals surface area contributed by atoms with Crippen LogP contribution in [0.25, 0.3) is 0 Å². The molecule has 20 heavy (non-hydrogen) atoms. The van der Waals surface area contributed by atoms with Gasteiger partial charge in [0.2, 0.25) is 11.8 Å². The molecule has 0 saturated carbocycles. The van der Waals surface area contributed by atoms with Crippen molar-refractivity contribution in [3.05, 3.63) is 35.9 Å². The molecule has 2 rings (SSSR count). The summed E-state index contributed by atoms with van der Waals surface area (Å²) in [7, 11) is 0. The molecule has 4 N–H and O–H groups in total. The normalized spacial score (nSPS) is 19.1. The molecule has 1 aliphatic heterocycles. The summed E-state index contributed by atoms with van der Waals surface area (Å²) in [5, 5.41) is 6.05.